The van der Waals surface area contributed by atoms with Gasteiger partial charge in [-0.2, -0.15) is 0 Å². The molecule has 0 aromatic carbocycles. The van der Waals surface area contributed by atoms with E-state index in [0.29, 0.717) is 11.6 Å². The summed E-state index contributed by atoms with van der Waals surface area (Å²) in [5, 5.41) is 4.32. The third-order valence-electron chi connectivity index (χ3n) is 2.80. The summed E-state index contributed by atoms with van der Waals surface area (Å²) in [6.45, 7) is -0.278. The monoisotopic (exact) mass is 332 g/mol. The predicted molar refractivity (Wildman–Crippen MR) is 80.7 cm³/mol. The number of carbonyl (C=O) groups excluding carboxylic acids is 2. The van der Waals surface area contributed by atoms with Crippen molar-refractivity contribution in [3.63, 3.8) is 0 Å². The second kappa shape index (κ2) is 6.93. The van der Waals surface area contributed by atoms with Crippen LogP contribution in [0.25, 0.3) is 10.8 Å². The van der Waals surface area contributed by atoms with Gasteiger partial charge in [0.15, 0.2) is 5.76 Å². The number of nitrogens with one attached hydrogen (secondary N) is 1. The summed E-state index contributed by atoms with van der Waals surface area (Å²) < 4.78 is 15.2. The fourth-order valence-corrected chi connectivity index (χ4v) is 2.39. The van der Waals surface area contributed by atoms with Crippen molar-refractivity contribution < 1.29 is 23.2 Å². The van der Waals surface area contributed by atoms with Gasteiger partial charge in [-0.05, 0) is 23.6 Å². The van der Waals surface area contributed by atoms with Gasteiger partial charge in [-0.25, -0.2) is 4.98 Å². The lowest BCUT2D eigenvalue weighted by Gasteiger charge is -2.03. The number of hydrogen-bond acceptors (Lipinski definition) is 7. The molecule has 118 valence electrons. The molecule has 0 fully saturated rings. The highest BCUT2D eigenvalue weighted by Gasteiger charge is 2.12. The zero-order chi connectivity index (χ0) is 16.1. The maximum atomic E-state index is 11.6. The van der Waals surface area contributed by atoms with Gasteiger partial charge in [-0.3, -0.25) is 9.59 Å². The number of furan rings is 1. The van der Waals surface area contributed by atoms with E-state index in [2.05, 4.69) is 10.3 Å². The molecule has 0 saturated carbocycles. The van der Waals surface area contributed by atoms with Gasteiger partial charge in [-0.15, -0.1) is 11.3 Å². The van der Waals surface area contributed by atoms with E-state index in [1.807, 2.05) is 17.5 Å². The maximum absolute atomic E-state index is 11.6. The van der Waals surface area contributed by atoms with Crippen molar-refractivity contribution in [2.24, 2.45) is 0 Å². The minimum Gasteiger partial charge on any atom is -0.459 e. The van der Waals surface area contributed by atoms with Crippen molar-refractivity contribution in [3.05, 3.63) is 53.6 Å². The topological polar surface area (TPSA) is 94.6 Å². The van der Waals surface area contributed by atoms with E-state index in [1.165, 1.54) is 29.9 Å². The van der Waals surface area contributed by atoms with Gasteiger partial charge in [0, 0.05) is 0 Å². The molecule has 0 spiro atoms. The first kappa shape index (κ1) is 15.0. The lowest BCUT2D eigenvalue weighted by Crippen LogP contribution is -2.30. The maximum Gasteiger partial charge on any atom is 0.325 e. The average molecular weight is 332 g/mol. The molecule has 1 N–H and O–H groups in total. The molecule has 0 atom stereocenters. The Kier molecular flexibility index (Phi) is 4.53. The van der Waals surface area contributed by atoms with Crippen LogP contribution in [0.2, 0.25) is 0 Å². The second-order valence-corrected chi connectivity index (χ2v) is 5.39. The van der Waals surface area contributed by atoms with Crippen LogP contribution in [0.4, 0.5) is 0 Å². The van der Waals surface area contributed by atoms with Crippen LogP contribution in [0, 0.1) is 0 Å². The smallest absolute Gasteiger partial charge is 0.325 e. The molecule has 0 radical (unpaired) electrons. The highest BCUT2D eigenvalue weighted by atomic mass is 32.1. The Morgan fingerprint density at radius 2 is 2.17 bits per heavy atom. The molecular weight excluding hydrogens is 320 g/mol. The molecule has 0 aliphatic rings. The quantitative estimate of drug-likeness (QED) is 0.697. The summed E-state index contributed by atoms with van der Waals surface area (Å²) in [4.78, 5) is 28.3. The van der Waals surface area contributed by atoms with E-state index >= 15 is 0 Å². The molecule has 23 heavy (non-hydrogen) atoms. The standard InChI is InChI=1S/C15H12N2O5S/c18-13(7-16-14(19)11-3-1-5-20-11)21-8-10-9-22-15(17-10)12-4-2-6-23-12/h1-6,9H,7-8H2,(H,16,19). The zero-order valence-electron chi connectivity index (χ0n) is 11.9. The van der Waals surface area contributed by atoms with Crippen molar-refractivity contribution in [2.45, 2.75) is 6.61 Å². The first-order valence-corrected chi connectivity index (χ1v) is 7.56. The van der Waals surface area contributed by atoms with E-state index in [-0.39, 0.29) is 18.9 Å². The number of esters is 1. The van der Waals surface area contributed by atoms with E-state index in [1.54, 1.807) is 6.07 Å². The number of hydrogen-bond donors (Lipinski definition) is 1. The van der Waals surface area contributed by atoms with E-state index < -0.39 is 11.9 Å². The number of aromatic nitrogens is 1. The molecular formula is C15H12N2O5S. The molecule has 0 unspecified atom stereocenters. The number of rotatable bonds is 6. The Labute approximate surface area is 134 Å². The summed E-state index contributed by atoms with van der Waals surface area (Å²) in [5.41, 5.74) is 0.499. The third kappa shape index (κ3) is 3.86. The van der Waals surface area contributed by atoms with Gasteiger partial charge >= 0.3 is 5.97 Å². The van der Waals surface area contributed by atoms with Crippen LogP contribution in [-0.2, 0) is 16.1 Å². The minimum atomic E-state index is -0.578. The van der Waals surface area contributed by atoms with Crippen molar-refractivity contribution in [1.82, 2.24) is 10.3 Å². The van der Waals surface area contributed by atoms with Crippen LogP contribution in [0.15, 0.2) is 51.0 Å². The highest BCUT2D eigenvalue weighted by Crippen LogP contribution is 2.23. The van der Waals surface area contributed by atoms with Crippen LogP contribution < -0.4 is 5.32 Å². The van der Waals surface area contributed by atoms with Crippen LogP contribution in [0.1, 0.15) is 16.2 Å². The van der Waals surface area contributed by atoms with Crippen LogP contribution in [0.3, 0.4) is 0 Å². The van der Waals surface area contributed by atoms with Crippen molar-refractivity contribution in [2.75, 3.05) is 6.54 Å². The molecule has 7 nitrogen and oxygen atoms in total. The number of oxazole rings is 1. The summed E-state index contributed by atoms with van der Waals surface area (Å²) in [7, 11) is 0. The Morgan fingerprint density at radius 1 is 1.26 bits per heavy atom. The van der Waals surface area contributed by atoms with Crippen molar-refractivity contribution >= 4 is 23.2 Å². The fourth-order valence-electron chi connectivity index (χ4n) is 1.74. The second-order valence-electron chi connectivity index (χ2n) is 4.44. The number of nitrogens with zero attached hydrogens (tertiary/aromatic N) is 1. The zero-order valence-corrected chi connectivity index (χ0v) is 12.7. The summed E-state index contributed by atoms with van der Waals surface area (Å²) in [6, 6.07) is 6.87. The van der Waals surface area contributed by atoms with Gasteiger partial charge in [0.05, 0.1) is 11.1 Å². The number of ether oxygens (including phenoxy) is 1. The Balaban J connectivity index is 1.45. The summed E-state index contributed by atoms with van der Waals surface area (Å²) >= 11 is 1.50. The Hall–Kier alpha value is -2.87. The van der Waals surface area contributed by atoms with Gasteiger partial charge in [0.2, 0.25) is 5.89 Å². The minimum absolute atomic E-state index is 0.0235. The van der Waals surface area contributed by atoms with Crippen LogP contribution in [-0.4, -0.2) is 23.4 Å². The lowest BCUT2D eigenvalue weighted by molar-refractivity contribution is -0.143. The van der Waals surface area contributed by atoms with Crippen LogP contribution >= 0.6 is 11.3 Å². The van der Waals surface area contributed by atoms with E-state index in [4.69, 9.17) is 13.6 Å². The summed E-state index contributed by atoms with van der Waals surface area (Å²) in [6.07, 6.45) is 2.81. The molecule has 1 amide bonds. The van der Waals surface area contributed by atoms with Gasteiger partial charge in [-0.1, -0.05) is 6.07 Å². The van der Waals surface area contributed by atoms with Crippen molar-refractivity contribution in [1.29, 1.82) is 0 Å². The summed E-state index contributed by atoms with van der Waals surface area (Å²) in [5.74, 6) is -0.439. The SMILES string of the molecule is O=C(CNC(=O)c1ccco1)OCc1coc(-c2cccs2)n1. The van der Waals surface area contributed by atoms with E-state index in [9.17, 15) is 9.59 Å². The van der Waals surface area contributed by atoms with Gasteiger partial charge < -0.3 is 18.9 Å². The van der Waals surface area contributed by atoms with Gasteiger partial charge in [0.25, 0.3) is 5.91 Å². The molecule has 0 aliphatic carbocycles. The van der Waals surface area contributed by atoms with E-state index in [0.717, 1.165) is 4.88 Å². The average Bonchev–Trinajstić information content (AvgIpc) is 3.32. The van der Waals surface area contributed by atoms with Crippen LogP contribution in [0.5, 0.6) is 0 Å². The molecule has 3 aromatic heterocycles. The number of amides is 1. The largest absolute Gasteiger partial charge is 0.459 e. The Morgan fingerprint density at radius 3 is 2.91 bits per heavy atom. The molecule has 3 heterocycles. The third-order valence-corrected chi connectivity index (χ3v) is 3.66. The normalized spacial score (nSPS) is 10.4. The predicted octanol–water partition coefficient (Wildman–Crippen LogP) is 2.47. The van der Waals surface area contributed by atoms with Gasteiger partial charge in [0.1, 0.15) is 25.1 Å². The first-order valence-electron chi connectivity index (χ1n) is 6.68. The number of thiophene rings is 1. The fraction of sp³-hybridized carbons (Fsp3) is 0.133. The molecule has 8 heteroatoms. The molecule has 0 bridgehead atoms. The lowest BCUT2D eigenvalue weighted by atomic mass is 10.4. The number of carbonyl (C=O) groups is 2. The first-order chi connectivity index (χ1) is 11.2. The van der Waals surface area contributed by atoms with Crippen molar-refractivity contribution in [3.8, 4) is 10.8 Å². The highest BCUT2D eigenvalue weighted by molar-refractivity contribution is 7.13. The Bertz CT molecular complexity index is 777. The molecule has 3 rings (SSSR count). The molecule has 0 saturated heterocycles. The molecule has 3 aromatic rings. The molecule has 0 aliphatic heterocycles.